The fraction of sp³-hybridized carbons (Fsp3) is 0.308. The number of nitrogen functional groups attached to an aromatic ring is 1. The van der Waals surface area contributed by atoms with Gasteiger partial charge in [-0.05, 0) is 43.0 Å². The van der Waals surface area contributed by atoms with Gasteiger partial charge in [-0.1, -0.05) is 31.9 Å². The van der Waals surface area contributed by atoms with Gasteiger partial charge in [-0.2, -0.15) is 0 Å². The molecule has 0 aliphatic heterocycles. The molecule has 0 spiro atoms. The van der Waals surface area contributed by atoms with Gasteiger partial charge in [-0.3, -0.25) is 9.20 Å². The van der Waals surface area contributed by atoms with E-state index < -0.39 is 0 Å². The van der Waals surface area contributed by atoms with Crippen molar-refractivity contribution in [1.82, 2.24) is 19.4 Å². The quantitative estimate of drug-likeness (QED) is 0.441. The van der Waals surface area contributed by atoms with Gasteiger partial charge in [0.2, 0.25) is 0 Å². The van der Waals surface area contributed by atoms with E-state index in [0.717, 1.165) is 41.4 Å². The first kappa shape index (κ1) is 21.9. The summed E-state index contributed by atoms with van der Waals surface area (Å²) in [6, 6.07) is 10.8. The molecule has 1 fully saturated rings. The van der Waals surface area contributed by atoms with Crippen molar-refractivity contribution in [3.63, 3.8) is 0 Å². The van der Waals surface area contributed by atoms with E-state index in [9.17, 15) is 4.79 Å². The summed E-state index contributed by atoms with van der Waals surface area (Å²) in [6.45, 7) is 2.31. The van der Waals surface area contributed by atoms with E-state index in [1.165, 1.54) is 12.8 Å². The highest BCUT2D eigenvalue weighted by Gasteiger charge is 2.26. The van der Waals surface area contributed by atoms with Crippen molar-refractivity contribution in [3.8, 4) is 17.0 Å². The lowest BCUT2D eigenvalue weighted by Gasteiger charge is -2.25. The molecule has 174 valence electrons. The fourth-order valence-electron chi connectivity index (χ4n) is 4.74. The van der Waals surface area contributed by atoms with Crippen LogP contribution in [0.2, 0.25) is 0 Å². The Labute approximate surface area is 198 Å². The van der Waals surface area contributed by atoms with Gasteiger partial charge in [0.05, 0.1) is 12.7 Å². The number of anilines is 2. The number of pyridine rings is 1. The van der Waals surface area contributed by atoms with Crippen molar-refractivity contribution in [1.29, 1.82) is 0 Å². The molecular weight excluding hydrogens is 428 g/mol. The van der Waals surface area contributed by atoms with Crippen LogP contribution in [0.25, 0.3) is 16.8 Å². The van der Waals surface area contributed by atoms with Crippen LogP contribution in [0.4, 0.5) is 11.6 Å². The van der Waals surface area contributed by atoms with Crippen molar-refractivity contribution in [3.05, 3.63) is 66.4 Å². The number of carbonyl (C=O) groups excluding carboxylic acids is 1. The highest BCUT2D eigenvalue weighted by molar-refractivity contribution is 6.06. The first-order valence-electron chi connectivity index (χ1n) is 11.6. The number of nitrogens with zero attached hydrogens (tertiary/aromatic N) is 4. The van der Waals surface area contributed by atoms with Gasteiger partial charge < -0.3 is 15.8 Å². The maximum Gasteiger partial charge on any atom is 0.260 e. The van der Waals surface area contributed by atoms with Gasteiger partial charge in [0.25, 0.3) is 5.91 Å². The highest BCUT2D eigenvalue weighted by Crippen LogP contribution is 2.39. The summed E-state index contributed by atoms with van der Waals surface area (Å²) in [5.74, 6) is 3.20. The molecule has 1 amide bonds. The number of nitrogens with two attached hydrogens (primary N) is 1. The van der Waals surface area contributed by atoms with Crippen LogP contribution >= 0.6 is 0 Å². The normalized spacial score (nSPS) is 18.1. The number of carbonyl (C=O) groups is 1. The Morgan fingerprint density at radius 3 is 2.68 bits per heavy atom. The van der Waals surface area contributed by atoms with E-state index in [2.05, 4.69) is 26.6 Å². The third-order valence-corrected chi connectivity index (χ3v) is 6.62. The van der Waals surface area contributed by atoms with Gasteiger partial charge in [-0.15, -0.1) is 0 Å². The molecule has 0 saturated heterocycles. The molecule has 1 saturated carbocycles. The molecule has 3 heterocycles. The first-order chi connectivity index (χ1) is 16.5. The van der Waals surface area contributed by atoms with Crippen molar-refractivity contribution in [2.45, 2.75) is 38.5 Å². The van der Waals surface area contributed by atoms with E-state index in [-0.39, 0.29) is 5.91 Å². The number of aromatic nitrogens is 4. The Bertz CT molecular complexity index is 1330. The SMILES string of the molecule is COc1cc(-c2nc(C3CCC(C)CC3)n3ccnc(N)c23)ccc1C(=O)Nc1ccccn1. The van der Waals surface area contributed by atoms with E-state index in [1.807, 2.05) is 24.4 Å². The summed E-state index contributed by atoms with van der Waals surface area (Å²) in [4.78, 5) is 26.4. The van der Waals surface area contributed by atoms with E-state index in [4.69, 9.17) is 15.5 Å². The summed E-state index contributed by atoms with van der Waals surface area (Å²) >= 11 is 0. The third-order valence-electron chi connectivity index (χ3n) is 6.62. The molecule has 0 unspecified atom stereocenters. The van der Waals surface area contributed by atoms with Crippen LogP contribution < -0.4 is 15.8 Å². The number of nitrogens with one attached hydrogen (secondary N) is 1. The minimum atomic E-state index is -0.296. The van der Waals surface area contributed by atoms with Crippen LogP contribution in [-0.2, 0) is 0 Å². The number of hydrogen-bond acceptors (Lipinski definition) is 6. The lowest BCUT2D eigenvalue weighted by Crippen LogP contribution is -2.14. The summed E-state index contributed by atoms with van der Waals surface area (Å²) in [5.41, 5.74) is 9.07. The number of hydrogen-bond donors (Lipinski definition) is 2. The minimum absolute atomic E-state index is 0.296. The second kappa shape index (κ2) is 9.13. The Morgan fingerprint density at radius 1 is 1.12 bits per heavy atom. The van der Waals surface area contributed by atoms with Crippen LogP contribution in [0.3, 0.4) is 0 Å². The molecule has 0 atom stereocenters. The summed E-state index contributed by atoms with van der Waals surface area (Å²) in [7, 11) is 1.55. The van der Waals surface area contributed by atoms with Crippen molar-refractivity contribution < 1.29 is 9.53 Å². The van der Waals surface area contributed by atoms with Crippen LogP contribution in [-0.4, -0.2) is 32.4 Å². The number of imidazole rings is 1. The Balaban J connectivity index is 1.54. The molecule has 0 bridgehead atoms. The van der Waals surface area contributed by atoms with Crippen LogP contribution in [0.5, 0.6) is 5.75 Å². The van der Waals surface area contributed by atoms with Crippen molar-refractivity contribution in [2.75, 3.05) is 18.2 Å². The molecule has 3 N–H and O–H groups in total. The molecule has 8 nitrogen and oxygen atoms in total. The summed E-state index contributed by atoms with van der Waals surface area (Å²) in [5, 5.41) is 2.80. The second-order valence-corrected chi connectivity index (χ2v) is 8.89. The lowest BCUT2D eigenvalue weighted by atomic mass is 9.82. The summed E-state index contributed by atoms with van der Waals surface area (Å²) < 4.78 is 7.66. The Morgan fingerprint density at radius 2 is 1.94 bits per heavy atom. The maximum absolute atomic E-state index is 12.9. The highest BCUT2D eigenvalue weighted by atomic mass is 16.5. The molecule has 4 aromatic rings. The lowest BCUT2D eigenvalue weighted by molar-refractivity contribution is 0.102. The molecule has 0 radical (unpaired) electrons. The Hall–Kier alpha value is -3.94. The number of ether oxygens (including phenoxy) is 1. The average Bonchev–Trinajstić information content (AvgIpc) is 3.26. The van der Waals surface area contributed by atoms with Gasteiger partial charge >= 0.3 is 0 Å². The van der Waals surface area contributed by atoms with Crippen LogP contribution in [0.15, 0.2) is 55.0 Å². The number of rotatable bonds is 5. The smallest absolute Gasteiger partial charge is 0.260 e. The van der Waals surface area contributed by atoms with Crippen LogP contribution in [0, 0.1) is 5.92 Å². The molecule has 3 aromatic heterocycles. The van der Waals surface area contributed by atoms with Gasteiger partial charge in [0.1, 0.15) is 34.4 Å². The minimum Gasteiger partial charge on any atom is -0.496 e. The second-order valence-electron chi connectivity index (χ2n) is 8.89. The van der Waals surface area contributed by atoms with Crippen molar-refractivity contribution >= 4 is 23.1 Å². The van der Waals surface area contributed by atoms with Gasteiger partial charge in [0, 0.05) is 30.1 Å². The zero-order chi connectivity index (χ0) is 23.7. The molecule has 34 heavy (non-hydrogen) atoms. The van der Waals surface area contributed by atoms with Gasteiger partial charge in [-0.25, -0.2) is 15.0 Å². The average molecular weight is 457 g/mol. The third kappa shape index (κ3) is 4.07. The Kier molecular flexibility index (Phi) is 5.88. The maximum atomic E-state index is 12.9. The molecule has 1 aliphatic rings. The predicted octanol–water partition coefficient (Wildman–Crippen LogP) is 4.93. The van der Waals surface area contributed by atoms with Gasteiger partial charge in [0.15, 0.2) is 0 Å². The fourth-order valence-corrected chi connectivity index (χ4v) is 4.74. The molecular formula is C26H28N6O2. The van der Waals surface area contributed by atoms with Crippen LogP contribution in [0.1, 0.15) is 54.7 Å². The zero-order valence-corrected chi connectivity index (χ0v) is 19.4. The zero-order valence-electron chi connectivity index (χ0n) is 19.4. The summed E-state index contributed by atoms with van der Waals surface area (Å²) in [6.07, 6.45) is 9.89. The number of amides is 1. The van der Waals surface area contributed by atoms with E-state index >= 15 is 0 Å². The number of methoxy groups -OCH3 is 1. The number of benzene rings is 1. The molecule has 5 rings (SSSR count). The molecule has 1 aromatic carbocycles. The first-order valence-corrected chi connectivity index (χ1v) is 11.6. The molecule has 1 aliphatic carbocycles. The predicted molar refractivity (Wildman–Crippen MR) is 132 cm³/mol. The van der Waals surface area contributed by atoms with Crippen molar-refractivity contribution in [2.24, 2.45) is 5.92 Å². The largest absolute Gasteiger partial charge is 0.496 e. The molecule has 8 heteroatoms. The standard InChI is InChI=1S/C26H28N6O2/c1-16-6-8-17(9-7-16)25-31-22(23-24(27)29-13-14-32(23)25)18-10-11-19(20(15-18)34-2)26(33)30-21-5-3-4-12-28-21/h3-5,10-17H,6-9H2,1-2H3,(H2,27,29)(H,28,30,33). The number of fused-ring (bicyclic) bond motifs is 1. The topological polar surface area (TPSA) is 107 Å². The van der Waals surface area contributed by atoms with E-state index in [1.54, 1.807) is 37.7 Å². The monoisotopic (exact) mass is 456 g/mol. The van der Waals surface area contributed by atoms with E-state index in [0.29, 0.717) is 28.9 Å².